The molecule has 1 aromatic rings. The molecule has 0 aliphatic carbocycles. The second kappa shape index (κ2) is 6.70. The van der Waals surface area contributed by atoms with E-state index in [9.17, 15) is 13.2 Å². The highest BCUT2D eigenvalue weighted by Crippen LogP contribution is 2.22. The fraction of sp³-hybridized carbons (Fsp3) is 0.417. The zero-order valence-electron chi connectivity index (χ0n) is 10.6. The fourth-order valence-corrected chi connectivity index (χ4v) is 3.50. The first-order chi connectivity index (χ1) is 8.74. The molecule has 0 unspecified atom stereocenters. The SMILES string of the molecule is CC(C)C[C@@H](C=O)NS(=O)(=O)c1cc(Cl)cc(Cl)c1. The molecule has 0 spiro atoms. The third-order valence-electron chi connectivity index (χ3n) is 2.34. The standard InChI is InChI=1S/C12H15Cl2NO3S/c1-8(2)3-11(7-16)15-19(17,18)12-5-9(13)4-10(14)6-12/h4-8,11,15H,3H2,1-2H3/t11-/m0/s1. The maximum Gasteiger partial charge on any atom is 0.241 e. The first kappa shape index (κ1) is 16.4. The zero-order chi connectivity index (χ0) is 14.6. The smallest absolute Gasteiger partial charge is 0.241 e. The van der Waals surface area contributed by atoms with E-state index in [0.717, 1.165) is 0 Å². The van der Waals surface area contributed by atoms with Crippen LogP contribution in [0.4, 0.5) is 0 Å². The van der Waals surface area contributed by atoms with Crippen molar-refractivity contribution in [2.45, 2.75) is 31.2 Å². The molecule has 0 amide bonds. The number of rotatable bonds is 6. The van der Waals surface area contributed by atoms with Crippen LogP contribution in [0.15, 0.2) is 23.1 Å². The van der Waals surface area contributed by atoms with Crippen LogP contribution in [0.2, 0.25) is 10.0 Å². The van der Waals surface area contributed by atoms with Gasteiger partial charge in [-0.2, -0.15) is 0 Å². The van der Waals surface area contributed by atoms with Crippen molar-refractivity contribution in [1.82, 2.24) is 4.72 Å². The molecule has 4 nitrogen and oxygen atoms in total. The number of hydrogen-bond donors (Lipinski definition) is 1. The van der Waals surface area contributed by atoms with Crippen LogP contribution in [0.3, 0.4) is 0 Å². The molecule has 0 bridgehead atoms. The highest BCUT2D eigenvalue weighted by Gasteiger charge is 2.21. The summed E-state index contributed by atoms with van der Waals surface area (Å²) in [5, 5.41) is 0.443. The van der Waals surface area contributed by atoms with Gasteiger partial charge < -0.3 is 4.79 Å². The van der Waals surface area contributed by atoms with Crippen LogP contribution < -0.4 is 4.72 Å². The fourth-order valence-electron chi connectivity index (χ4n) is 1.59. The Morgan fingerprint density at radius 2 is 1.74 bits per heavy atom. The second-order valence-electron chi connectivity index (χ2n) is 4.60. The lowest BCUT2D eigenvalue weighted by Crippen LogP contribution is -2.36. The third-order valence-corrected chi connectivity index (χ3v) is 4.25. The first-order valence-electron chi connectivity index (χ1n) is 5.68. The van der Waals surface area contributed by atoms with E-state index in [1.165, 1.54) is 18.2 Å². The minimum atomic E-state index is -3.81. The first-order valence-corrected chi connectivity index (χ1v) is 7.92. The van der Waals surface area contributed by atoms with Gasteiger partial charge in [-0.3, -0.25) is 0 Å². The summed E-state index contributed by atoms with van der Waals surface area (Å²) in [6.45, 7) is 3.81. The predicted octanol–water partition coefficient (Wildman–Crippen LogP) is 2.89. The Morgan fingerprint density at radius 3 is 2.16 bits per heavy atom. The van der Waals surface area contributed by atoms with Gasteiger partial charge >= 0.3 is 0 Å². The van der Waals surface area contributed by atoms with Gasteiger partial charge in [0.1, 0.15) is 6.29 Å². The molecular weight excluding hydrogens is 309 g/mol. The van der Waals surface area contributed by atoms with Gasteiger partial charge in [0.2, 0.25) is 10.0 Å². The van der Waals surface area contributed by atoms with Gasteiger partial charge in [-0.1, -0.05) is 37.0 Å². The molecule has 0 heterocycles. The van der Waals surface area contributed by atoms with Crippen molar-refractivity contribution in [1.29, 1.82) is 0 Å². The summed E-state index contributed by atoms with van der Waals surface area (Å²) in [5.74, 6) is 0.195. The van der Waals surface area contributed by atoms with Gasteiger partial charge in [0.15, 0.2) is 0 Å². The van der Waals surface area contributed by atoms with Crippen molar-refractivity contribution < 1.29 is 13.2 Å². The summed E-state index contributed by atoms with van der Waals surface area (Å²) in [6, 6.07) is 3.25. The molecule has 0 saturated carbocycles. The lowest BCUT2D eigenvalue weighted by atomic mass is 10.1. The van der Waals surface area contributed by atoms with Crippen molar-refractivity contribution >= 4 is 39.5 Å². The van der Waals surface area contributed by atoms with E-state index in [2.05, 4.69) is 4.72 Å². The lowest BCUT2D eigenvalue weighted by Gasteiger charge is -2.15. The van der Waals surface area contributed by atoms with Crippen molar-refractivity contribution in [2.24, 2.45) is 5.92 Å². The minimum Gasteiger partial charge on any atom is -0.302 e. The molecule has 0 aliphatic rings. The topological polar surface area (TPSA) is 63.2 Å². The second-order valence-corrected chi connectivity index (χ2v) is 7.19. The van der Waals surface area contributed by atoms with Gasteiger partial charge in [0.25, 0.3) is 0 Å². The van der Waals surface area contributed by atoms with Crippen molar-refractivity contribution in [2.75, 3.05) is 0 Å². The molecule has 0 fully saturated rings. The van der Waals surface area contributed by atoms with Crippen LogP contribution in [0.1, 0.15) is 20.3 Å². The van der Waals surface area contributed by atoms with E-state index in [-0.39, 0.29) is 20.9 Å². The monoisotopic (exact) mass is 323 g/mol. The molecule has 0 aliphatic heterocycles. The van der Waals surface area contributed by atoms with Crippen LogP contribution in [-0.2, 0) is 14.8 Å². The average Bonchev–Trinajstić information content (AvgIpc) is 2.25. The van der Waals surface area contributed by atoms with Crippen LogP contribution in [0.5, 0.6) is 0 Å². The van der Waals surface area contributed by atoms with Gasteiger partial charge in [-0.15, -0.1) is 0 Å². The number of sulfonamides is 1. The number of carbonyl (C=O) groups excluding carboxylic acids is 1. The largest absolute Gasteiger partial charge is 0.302 e. The number of benzene rings is 1. The van der Waals surface area contributed by atoms with Crippen molar-refractivity contribution in [3.8, 4) is 0 Å². The highest BCUT2D eigenvalue weighted by molar-refractivity contribution is 7.89. The molecule has 0 aromatic heterocycles. The molecular formula is C12H15Cl2NO3S. The Kier molecular flexibility index (Phi) is 5.80. The molecule has 1 atom stereocenters. The van der Waals surface area contributed by atoms with Gasteiger partial charge in [0.05, 0.1) is 10.9 Å². The van der Waals surface area contributed by atoms with Gasteiger partial charge in [-0.25, -0.2) is 13.1 Å². The molecule has 7 heteroatoms. The number of halogens is 2. The summed E-state index contributed by atoms with van der Waals surface area (Å²) >= 11 is 11.5. The quantitative estimate of drug-likeness (QED) is 0.819. The molecule has 1 N–H and O–H groups in total. The van der Waals surface area contributed by atoms with Crippen LogP contribution in [0.25, 0.3) is 0 Å². The molecule has 0 radical (unpaired) electrons. The molecule has 1 rings (SSSR count). The van der Waals surface area contributed by atoms with Crippen molar-refractivity contribution in [3.05, 3.63) is 28.2 Å². The van der Waals surface area contributed by atoms with Crippen molar-refractivity contribution in [3.63, 3.8) is 0 Å². The number of nitrogens with one attached hydrogen (secondary N) is 1. The Labute approximate surface area is 123 Å². The van der Waals surface area contributed by atoms with Gasteiger partial charge in [-0.05, 0) is 30.5 Å². The Balaban J connectivity index is 3.00. The molecule has 19 heavy (non-hydrogen) atoms. The van der Waals surface area contributed by atoms with E-state index in [4.69, 9.17) is 23.2 Å². The summed E-state index contributed by atoms with van der Waals surface area (Å²) < 4.78 is 26.5. The predicted molar refractivity (Wildman–Crippen MR) is 76.1 cm³/mol. The van der Waals surface area contributed by atoms with E-state index in [0.29, 0.717) is 12.7 Å². The van der Waals surface area contributed by atoms with Gasteiger partial charge in [0, 0.05) is 10.0 Å². The summed E-state index contributed by atoms with van der Waals surface area (Å²) in [7, 11) is -3.81. The summed E-state index contributed by atoms with van der Waals surface area (Å²) in [6.07, 6.45) is 1.01. The lowest BCUT2D eigenvalue weighted by molar-refractivity contribution is -0.109. The van der Waals surface area contributed by atoms with Crippen LogP contribution in [-0.4, -0.2) is 20.7 Å². The van der Waals surface area contributed by atoms with E-state index in [1.54, 1.807) is 0 Å². The molecule has 0 saturated heterocycles. The molecule has 106 valence electrons. The summed E-state index contributed by atoms with van der Waals surface area (Å²) in [4.78, 5) is 10.8. The Bertz CT molecular complexity index is 538. The van der Waals surface area contributed by atoms with E-state index >= 15 is 0 Å². The number of aldehydes is 1. The number of hydrogen-bond acceptors (Lipinski definition) is 3. The van der Waals surface area contributed by atoms with Crippen LogP contribution >= 0.6 is 23.2 Å². The Hall–Kier alpha value is -0.620. The number of carbonyl (C=O) groups is 1. The normalized spacial score (nSPS) is 13.5. The molecule has 1 aromatic carbocycles. The maximum atomic E-state index is 12.1. The highest BCUT2D eigenvalue weighted by atomic mass is 35.5. The maximum absolute atomic E-state index is 12.1. The van der Waals surface area contributed by atoms with Crippen LogP contribution in [0, 0.1) is 5.92 Å². The minimum absolute atomic E-state index is 0.0550. The summed E-state index contributed by atoms with van der Waals surface area (Å²) in [5.41, 5.74) is 0. The third kappa shape index (κ3) is 5.10. The van der Waals surface area contributed by atoms with E-state index in [1.807, 2.05) is 13.8 Å². The Morgan fingerprint density at radius 1 is 1.21 bits per heavy atom. The average molecular weight is 324 g/mol. The zero-order valence-corrected chi connectivity index (χ0v) is 12.9. The van der Waals surface area contributed by atoms with E-state index < -0.39 is 16.1 Å².